The van der Waals surface area contributed by atoms with E-state index in [1.807, 2.05) is 18.2 Å². The summed E-state index contributed by atoms with van der Waals surface area (Å²) in [6.45, 7) is 0. The Hall–Kier alpha value is -3.29. The van der Waals surface area contributed by atoms with Gasteiger partial charge in [-0.15, -0.1) is 0 Å². The number of carbonyl (C=O) groups excluding carboxylic acids is 1. The second-order valence-corrected chi connectivity index (χ2v) is 5.31. The summed E-state index contributed by atoms with van der Waals surface area (Å²) in [5.41, 5.74) is 1.16. The van der Waals surface area contributed by atoms with Crippen molar-refractivity contribution in [3.63, 3.8) is 0 Å². The number of methoxy groups -OCH3 is 1. The van der Waals surface area contributed by atoms with Gasteiger partial charge in [-0.2, -0.15) is 5.21 Å². The van der Waals surface area contributed by atoms with E-state index in [1.165, 1.54) is 18.2 Å². The van der Waals surface area contributed by atoms with Crippen LogP contribution in [-0.4, -0.2) is 28.5 Å². The number of carbonyl (C=O) groups is 1. The van der Waals surface area contributed by atoms with Crippen LogP contribution in [0.1, 0.15) is 17.3 Å². The summed E-state index contributed by atoms with van der Waals surface area (Å²) < 4.78 is 18.6. The number of aromatic nitrogens is 4. The van der Waals surface area contributed by atoms with Crippen molar-refractivity contribution in [2.24, 2.45) is 0 Å². The average molecular weight is 340 g/mol. The molecule has 0 fully saturated rings. The molecule has 3 rings (SSSR count). The average Bonchev–Trinajstić information content (AvgIpc) is 3.14. The Morgan fingerprint density at radius 2 is 2.12 bits per heavy atom. The van der Waals surface area contributed by atoms with E-state index in [9.17, 15) is 9.18 Å². The third-order valence-corrected chi connectivity index (χ3v) is 3.67. The van der Waals surface area contributed by atoms with Crippen LogP contribution >= 0.6 is 0 Å². The zero-order valence-corrected chi connectivity index (χ0v) is 13.4. The molecule has 1 aromatic heterocycles. The van der Waals surface area contributed by atoms with Crippen molar-refractivity contribution in [3.8, 4) is 5.75 Å². The number of ether oxygens (including phenoxy) is 1. The molecule has 7 nitrogen and oxygen atoms in total. The largest absolute Gasteiger partial charge is 0.496 e. The summed E-state index contributed by atoms with van der Waals surface area (Å²) in [7, 11) is 1.56. The predicted octanol–water partition coefficient (Wildman–Crippen LogP) is 1.94. The molecular weight excluding hydrogens is 325 g/mol. The lowest BCUT2D eigenvalue weighted by Gasteiger charge is -2.18. The highest BCUT2D eigenvalue weighted by atomic mass is 19.1. The van der Waals surface area contributed by atoms with Crippen LogP contribution < -0.4 is 15.2 Å². The Labute approximate surface area is 143 Å². The Balaban J connectivity index is 1.86. The maximum Gasteiger partial charge on any atom is 0.232 e. The fourth-order valence-electron chi connectivity index (χ4n) is 2.48. The Kier molecular flexibility index (Phi) is 4.98. The minimum absolute atomic E-state index is 0.194. The number of para-hydroxylation sites is 1. The number of nitrogens with zero attached hydrogens (tertiary/aromatic N) is 4. The van der Waals surface area contributed by atoms with Gasteiger partial charge in [-0.3, -0.25) is 15.1 Å². The molecule has 1 heterocycles. The molecule has 1 N–H and O–H groups in total. The van der Waals surface area contributed by atoms with Crippen LogP contribution in [0.2, 0.25) is 0 Å². The Bertz CT molecular complexity index is 854. The fraction of sp³-hybridized carbons (Fsp3) is 0.176. The normalized spacial score (nSPS) is 11.8. The van der Waals surface area contributed by atoms with Crippen molar-refractivity contribution in [1.29, 1.82) is 0 Å². The second kappa shape index (κ2) is 7.52. The third-order valence-electron chi connectivity index (χ3n) is 3.67. The van der Waals surface area contributed by atoms with Gasteiger partial charge in [-0.05, 0) is 36.2 Å². The van der Waals surface area contributed by atoms with E-state index in [1.54, 1.807) is 19.2 Å². The lowest BCUT2D eigenvalue weighted by atomic mass is 9.97. The van der Waals surface area contributed by atoms with E-state index < -0.39 is 11.7 Å². The maximum absolute atomic E-state index is 13.3. The smallest absolute Gasteiger partial charge is 0.232 e. The summed E-state index contributed by atoms with van der Waals surface area (Å²) in [6, 6.07) is 13.0. The van der Waals surface area contributed by atoms with Gasteiger partial charge in [0.05, 0.1) is 13.0 Å². The van der Waals surface area contributed by atoms with Crippen molar-refractivity contribution in [2.75, 3.05) is 12.4 Å². The summed E-state index contributed by atoms with van der Waals surface area (Å²) >= 11 is 0. The van der Waals surface area contributed by atoms with E-state index in [2.05, 4.69) is 25.9 Å². The van der Waals surface area contributed by atoms with E-state index >= 15 is 0 Å². The summed E-state index contributed by atoms with van der Waals surface area (Å²) in [5.74, 6) is -0.716. The summed E-state index contributed by atoms with van der Waals surface area (Å²) in [4.78, 5) is 12.7. The van der Waals surface area contributed by atoms with Crippen LogP contribution in [0.15, 0.2) is 48.5 Å². The first-order valence-electron chi connectivity index (χ1n) is 7.54. The van der Waals surface area contributed by atoms with Crippen molar-refractivity contribution < 1.29 is 13.9 Å². The number of tetrazole rings is 1. The van der Waals surface area contributed by atoms with Crippen molar-refractivity contribution in [2.45, 2.75) is 12.3 Å². The maximum atomic E-state index is 13.3. The first-order chi connectivity index (χ1) is 12.2. The molecule has 0 bridgehead atoms. The third kappa shape index (κ3) is 3.97. The first-order valence-corrected chi connectivity index (χ1v) is 7.54. The number of anilines is 1. The van der Waals surface area contributed by atoms with E-state index in [0.29, 0.717) is 17.9 Å². The number of hydrogen-bond acceptors (Lipinski definition) is 5. The molecular formula is C17H15FN5O2-. The van der Waals surface area contributed by atoms with Crippen LogP contribution in [0.3, 0.4) is 0 Å². The standard InChI is InChI=1S/C17H16FN5O2/c1-25-15-8-3-2-5-11(15)9-14(16-20-22-23-21-16)17(24)19-13-7-4-6-12(18)10-13/h2-8,10,14H,9H2,1H3,(H2,19,20,21,22,23,24)/p-1/t14-/m0/s1. The number of nitrogens with one attached hydrogen (secondary N) is 1. The van der Waals surface area contributed by atoms with E-state index in [0.717, 1.165) is 5.56 Å². The summed E-state index contributed by atoms with van der Waals surface area (Å²) in [5, 5.41) is 17.2. The highest BCUT2D eigenvalue weighted by molar-refractivity contribution is 5.95. The van der Waals surface area contributed by atoms with Crippen LogP contribution in [-0.2, 0) is 11.2 Å². The van der Waals surface area contributed by atoms with Gasteiger partial charge in [0.25, 0.3) is 0 Å². The molecule has 0 aliphatic carbocycles. The van der Waals surface area contributed by atoms with Crippen molar-refractivity contribution >= 4 is 11.6 Å². The molecule has 128 valence electrons. The Morgan fingerprint density at radius 3 is 2.84 bits per heavy atom. The highest BCUT2D eigenvalue weighted by Crippen LogP contribution is 2.25. The molecule has 0 saturated carbocycles. The fourth-order valence-corrected chi connectivity index (χ4v) is 2.48. The minimum atomic E-state index is -0.741. The van der Waals surface area contributed by atoms with Gasteiger partial charge in [0.15, 0.2) is 0 Å². The van der Waals surface area contributed by atoms with E-state index in [-0.39, 0.29) is 11.7 Å². The molecule has 2 aromatic carbocycles. The van der Waals surface area contributed by atoms with Crippen molar-refractivity contribution in [1.82, 2.24) is 20.6 Å². The van der Waals surface area contributed by atoms with Gasteiger partial charge >= 0.3 is 0 Å². The number of benzene rings is 2. The molecule has 1 amide bonds. The van der Waals surface area contributed by atoms with Gasteiger partial charge in [-0.1, -0.05) is 24.3 Å². The lowest BCUT2D eigenvalue weighted by molar-refractivity contribution is -0.117. The topological polar surface area (TPSA) is 91.1 Å². The van der Waals surface area contributed by atoms with Crippen LogP contribution in [0.25, 0.3) is 0 Å². The predicted molar refractivity (Wildman–Crippen MR) is 87.6 cm³/mol. The first kappa shape index (κ1) is 16.6. The Morgan fingerprint density at radius 1 is 1.28 bits per heavy atom. The minimum Gasteiger partial charge on any atom is -0.496 e. The second-order valence-electron chi connectivity index (χ2n) is 5.31. The molecule has 0 saturated heterocycles. The number of amides is 1. The monoisotopic (exact) mass is 340 g/mol. The molecule has 0 radical (unpaired) electrons. The number of halogens is 1. The SMILES string of the molecule is COc1ccccc1C[C@H](C(=O)Nc1cccc(F)c1)c1nnn[n-]1. The van der Waals surface area contributed by atoms with Crippen molar-refractivity contribution in [3.05, 3.63) is 65.7 Å². The lowest BCUT2D eigenvalue weighted by Crippen LogP contribution is -2.24. The number of rotatable bonds is 6. The zero-order valence-electron chi connectivity index (χ0n) is 13.4. The number of hydrogen-bond donors (Lipinski definition) is 1. The highest BCUT2D eigenvalue weighted by Gasteiger charge is 2.22. The van der Waals surface area contributed by atoms with E-state index in [4.69, 9.17) is 4.74 Å². The van der Waals surface area contributed by atoms with Gasteiger partial charge < -0.3 is 15.2 Å². The van der Waals surface area contributed by atoms with Crippen LogP contribution in [0.4, 0.5) is 10.1 Å². The molecule has 1 atom stereocenters. The molecule has 25 heavy (non-hydrogen) atoms. The summed E-state index contributed by atoms with van der Waals surface area (Å²) in [6.07, 6.45) is 0.290. The van der Waals surface area contributed by atoms with Crippen LogP contribution in [0.5, 0.6) is 5.75 Å². The molecule has 0 unspecified atom stereocenters. The quantitative estimate of drug-likeness (QED) is 0.737. The van der Waals surface area contributed by atoms with Gasteiger partial charge in [-0.25, -0.2) is 4.39 Å². The molecule has 0 aliphatic rings. The molecule has 0 aliphatic heterocycles. The van der Waals surface area contributed by atoms with Crippen LogP contribution in [0, 0.1) is 5.82 Å². The molecule has 8 heteroatoms. The molecule has 0 spiro atoms. The molecule has 3 aromatic rings. The van der Waals surface area contributed by atoms with Gasteiger partial charge in [0.1, 0.15) is 11.6 Å². The van der Waals surface area contributed by atoms with Gasteiger partial charge in [0, 0.05) is 11.5 Å². The zero-order chi connectivity index (χ0) is 17.6. The van der Waals surface area contributed by atoms with Gasteiger partial charge in [0.2, 0.25) is 5.91 Å².